The zero-order valence-electron chi connectivity index (χ0n) is 16.1. The summed E-state index contributed by atoms with van der Waals surface area (Å²) in [6.07, 6.45) is 0.624. The van der Waals surface area contributed by atoms with E-state index in [1.165, 1.54) is 4.90 Å². The lowest BCUT2D eigenvalue weighted by Crippen LogP contribution is -2.53. The summed E-state index contributed by atoms with van der Waals surface area (Å²) in [5.41, 5.74) is 2.88. The molecule has 0 radical (unpaired) electrons. The van der Waals surface area contributed by atoms with Crippen molar-refractivity contribution in [3.05, 3.63) is 23.0 Å². The second-order valence-corrected chi connectivity index (χ2v) is 7.32. The van der Waals surface area contributed by atoms with Crippen LogP contribution in [-0.2, 0) is 16.1 Å². The normalized spacial score (nSPS) is 23.3. The fraction of sp³-hybridized carbons (Fsp3) is 0.684. The van der Waals surface area contributed by atoms with E-state index in [1.54, 1.807) is 13.3 Å². The van der Waals surface area contributed by atoms with E-state index in [4.69, 9.17) is 9.47 Å². The molecule has 1 amide bonds. The number of hydrogen-bond acceptors (Lipinski definition) is 5. The van der Waals surface area contributed by atoms with Crippen LogP contribution in [0.4, 0.5) is 8.78 Å². The Morgan fingerprint density at radius 3 is 2.70 bits per heavy atom. The standard InChI is InChI=1S/C19H27F2N3O3/c1-13-10-22-15(14(2)17(13)26-3)11-23-8-9-27-16(12-23)18(25)24-6-4-19(20,21)5-7-24/h10,16H,4-9,11-12H2,1-3H3. The summed E-state index contributed by atoms with van der Waals surface area (Å²) in [5.74, 6) is -2.03. The predicted molar refractivity (Wildman–Crippen MR) is 96.0 cm³/mol. The number of morpholine rings is 1. The third kappa shape index (κ3) is 4.55. The summed E-state index contributed by atoms with van der Waals surface area (Å²) in [5, 5.41) is 0. The highest BCUT2D eigenvalue weighted by Gasteiger charge is 2.38. The largest absolute Gasteiger partial charge is 0.496 e. The maximum Gasteiger partial charge on any atom is 0.253 e. The second-order valence-electron chi connectivity index (χ2n) is 7.32. The van der Waals surface area contributed by atoms with Crippen LogP contribution in [0.1, 0.15) is 29.7 Å². The molecular weight excluding hydrogens is 356 g/mol. The molecule has 150 valence electrons. The van der Waals surface area contributed by atoms with Gasteiger partial charge in [-0.2, -0.15) is 0 Å². The number of rotatable bonds is 4. The second kappa shape index (κ2) is 8.06. The predicted octanol–water partition coefficient (Wildman–Crippen LogP) is 2.17. The topological polar surface area (TPSA) is 54.9 Å². The van der Waals surface area contributed by atoms with Crippen LogP contribution in [0.25, 0.3) is 0 Å². The lowest BCUT2D eigenvalue weighted by molar-refractivity contribution is -0.155. The fourth-order valence-corrected chi connectivity index (χ4v) is 3.70. The van der Waals surface area contributed by atoms with Gasteiger partial charge in [0.1, 0.15) is 11.9 Å². The molecule has 0 aromatic carbocycles. The Morgan fingerprint density at radius 2 is 2.04 bits per heavy atom. The van der Waals surface area contributed by atoms with Crippen molar-refractivity contribution in [3.8, 4) is 5.75 Å². The van der Waals surface area contributed by atoms with Crippen molar-refractivity contribution in [1.82, 2.24) is 14.8 Å². The first-order valence-electron chi connectivity index (χ1n) is 9.30. The molecule has 1 aromatic rings. The molecule has 1 unspecified atom stereocenters. The number of amides is 1. The molecule has 2 aliphatic heterocycles. The van der Waals surface area contributed by atoms with Gasteiger partial charge in [-0.25, -0.2) is 8.78 Å². The van der Waals surface area contributed by atoms with Gasteiger partial charge < -0.3 is 14.4 Å². The summed E-state index contributed by atoms with van der Waals surface area (Å²) in [4.78, 5) is 20.8. The van der Waals surface area contributed by atoms with Crippen molar-refractivity contribution in [1.29, 1.82) is 0 Å². The Labute approximate surface area is 158 Å². The van der Waals surface area contributed by atoms with Crippen molar-refractivity contribution in [2.24, 2.45) is 0 Å². The fourth-order valence-electron chi connectivity index (χ4n) is 3.70. The maximum absolute atomic E-state index is 13.3. The van der Waals surface area contributed by atoms with E-state index in [0.717, 1.165) is 22.6 Å². The van der Waals surface area contributed by atoms with Crippen LogP contribution in [0.15, 0.2) is 6.20 Å². The minimum atomic E-state index is -2.66. The van der Waals surface area contributed by atoms with Gasteiger partial charge in [0, 0.05) is 62.9 Å². The Kier molecular flexibility index (Phi) is 5.95. The first kappa shape index (κ1) is 19.9. The molecule has 0 spiro atoms. The molecule has 27 heavy (non-hydrogen) atoms. The minimum Gasteiger partial charge on any atom is -0.496 e. The van der Waals surface area contributed by atoms with Crippen molar-refractivity contribution in [2.75, 3.05) is 39.9 Å². The number of carbonyl (C=O) groups is 1. The van der Waals surface area contributed by atoms with E-state index in [9.17, 15) is 13.6 Å². The number of aryl methyl sites for hydroxylation is 1. The van der Waals surface area contributed by atoms with Crippen molar-refractivity contribution < 1.29 is 23.0 Å². The van der Waals surface area contributed by atoms with Gasteiger partial charge in [-0.1, -0.05) is 0 Å². The van der Waals surface area contributed by atoms with Crippen molar-refractivity contribution >= 4 is 5.91 Å². The molecule has 1 atom stereocenters. The number of hydrogen-bond donors (Lipinski definition) is 0. The van der Waals surface area contributed by atoms with E-state index < -0.39 is 12.0 Å². The quantitative estimate of drug-likeness (QED) is 0.798. The molecule has 2 saturated heterocycles. The lowest BCUT2D eigenvalue weighted by Gasteiger charge is -2.37. The smallest absolute Gasteiger partial charge is 0.253 e. The number of ether oxygens (including phenoxy) is 2. The van der Waals surface area contributed by atoms with Gasteiger partial charge in [0.2, 0.25) is 0 Å². The van der Waals surface area contributed by atoms with Crippen LogP contribution in [0.2, 0.25) is 0 Å². The minimum absolute atomic E-state index is 0.0848. The summed E-state index contributed by atoms with van der Waals surface area (Å²) < 4.78 is 37.7. The van der Waals surface area contributed by atoms with E-state index >= 15 is 0 Å². The first-order chi connectivity index (χ1) is 12.8. The zero-order chi connectivity index (χ0) is 19.6. The van der Waals surface area contributed by atoms with Gasteiger partial charge in [0.25, 0.3) is 11.8 Å². The van der Waals surface area contributed by atoms with Crippen LogP contribution < -0.4 is 4.74 Å². The van der Waals surface area contributed by atoms with Gasteiger partial charge in [-0.3, -0.25) is 14.7 Å². The number of methoxy groups -OCH3 is 1. The van der Waals surface area contributed by atoms with Crippen LogP contribution in [0.3, 0.4) is 0 Å². The summed E-state index contributed by atoms with van der Waals surface area (Å²) in [6.45, 7) is 6.25. The molecule has 0 N–H and O–H groups in total. The number of halogens is 2. The Hall–Kier alpha value is -1.80. The van der Waals surface area contributed by atoms with Crippen molar-refractivity contribution in [2.45, 2.75) is 45.3 Å². The maximum atomic E-state index is 13.3. The molecular formula is C19H27F2N3O3. The summed E-state index contributed by atoms with van der Waals surface area (Å²) >= 11 is 0. The number of nitrogens with zero attached hydrogens (tertiary/aromatic N) is 3. The molecule has 3 rings (SSSR count). The Morgan fingerprint density at radius 1 is 1.33 bits per heavy atom. The molecule has 0 aliphatic carbocycles. The van der Waals surface area contributed by atoms with E-state index in [1.807, 2.05) is 13.8 Å². The SMILES string of the molecule is COc1c(C)cnc(CN2CCOC(C(=O)N3CCC(F)(F)CC3)C2)c1C. The molecule has 0 bridgehead atoms. The average Bonchev–Trinajstić information content (AvgIpc) is 2.64. The Balaban J connectivity index is 1.62. The highest BCUT2D eigenvalue weighted by molar-refractivity contribution is 5.81. The van der Waals surface area contributed by atoms with E-state index in [-0.39, 0.29) is 31.8 Å². The molecule has 2 aliphatic rings. The number of carbonyl (C=O) groups excluding carboxylic acids is 1. The van der Waals surface area contributed by atoms with Crippen LogP contribution in [0.5, 0.6) is 5.75 Å². The number of pyridine rings is 1. The van der Waals surface area contributed by atoms with Gasteiger partial charge >= 0.3 is 0 Å². The highest BCUT2D eigenvalue weighted by atomic mass is 19.3. The third-order valence-electron chi connectivity index (χ3n) is 5.36. The molecule has 0 saturated carbocycles. The van der Waals surface area contributed by atoms with Crippen LogP contribution >= 0.6 is 0 Å². The van der Waals surface area contributed by atoms with Crippen LogP contribution in [-0.4, -0.2) is 72.6 Å². The van der Waals surface area contributed by atoms with E-state index in [2.05, 4.69) is 9.88 Å². The number of likely N-dealkylation sites (tertiary alicyclic amines) is 1. The van der Waals surface area contributed by atoms with Gasteiger partial charge in [-0.15, -0.1) is 0 Å². The molecule has 2 fully saturated rings. The average molecular weight is 383 g/mol. The molecule has 8 heteroatoms. The highest BCUT2D eigenvalue weighted by Crippen LogP contribution is 2.29. The van der Waals surface area contributed by atoms with Gasteiger partial charge in [-0.05, 0) is 13.8 Å². The van der Waals surface area contributed by atoms with Crippen molar-refractivity contribution in [3.63, 3.8) is 0 Å². The lowest BCUT2D eigenvalue weighted by atomic mass is 10.1. The monoisotopic (exact) mass is 383 g/mol. The molecule has 6 nitrogen and oxygen atoms in total. The molecule has 1 aromatic heterocycles. The van der Waals surface area contributed by atoms with E-state index in [0.29, 0.717) is 26.2 Å². The third-order valence-corrected chi connectivity index (χ3v) is 5.36. The number of aromatic nitrogens is 1. The zero-order valence-corrected chi connectivity index (χ0v) is 16.1. The van der Waals surface area contributed by atoms with Gasteiger partial charge in [0.05, 0.1) is 19.4 Å². The Bertz CT molecular complexity index is 689. The summed E-state index contributed by atoms with van der Waals surface area (Å²) in [7, 11) is 1.64. The number of piperidine rings is 1. The molecule has 3 heterocycles. The van der Waals surface area contributed by atoms with Gasteiger partial charge in [0.15, 0.2) is 0 Å². The summed E-state index contributed by atoms with van der Waals surface area (Å²) in [6, 6.07) is 0. The number of alkyl halides is 2. The first-order valence-corrected chi connectivity index (χ1v) is 9.30. The van der Waals surface area contributed by atoms with Crippen LogP contribution in [0, 0.1) is 13.8 Å².